The molecule has 5 nitrogen and oxygen atoms in total. The van der Waals surface area contributed by atoms with E-state index in [0.717, 1.165) is 0 Å². The Hall–Kier alpha value is -0.590. The van der Waals surface area contributed by atoms with Crippen molar-refractivity contribution in [3.63, 3.8) is 0 Å². The van der Waals surface area contributed by atoms with E-state index >= 15 is 0 Å². The molecule has 1 aromatic rings. The van der Waals surface area contributed by atoms with Crippen molar-refractivity contribution in [2.24, 2.45) is 0 Å². The molecule has 1 fully saturated rings. The Morgan fingerprint density at radius 3 is 2.14 bits per heavy atom. The van der Waals surface area contributed by atoms with Gasteiger partial charge in [0, 0.05) is 44.4 Å². The first-order valence-electron chi connectivity index (χ1n) is 9.17. The first-order valence-corrected chi connectivity index (χ1v) is 12.1. The number of ether oxygens (including phenoxy) is 1. The Labute approximate surface area is 184 Å². The van der Waals surface area contributed by atoms with Crippen LogP contribution in [-0.2, 0) is 10.4 Å². The van der Waals surface area contributed by atoms with Crippen LogP contribution in [0.2, 0.25) is 0 Å². The molecule has 0 aliphatic carbocycles. The van der Waals surface area contributed by atoms with Crippen molar-refractivity contribution in [1.82, 2.24) is 14.2 Å². The third kappa shape index (κ3) is 8.58. The number of alkyl halides is 1. The number of hydrogen-bond acceptors (Lipinski definition) is 5. The van der Waals surface area contributed by atoms with Crippen LogP contribution in [0.15, 0.2) is 9.98 Å². The summed E-state index contributed by atoms with van der Waals surface area (Å²) in [5.74, 6) is 0. The summed E-state index contributed by atoms with van der Waals surface area (Å²) >= 11 is -0.386. The number of amides is 1. The highest BCUT2D eigenvalue weighted by molar-refractivity contribution is 9.10. The first-order chi connectivity index (χ1) is 13.2. The number of halogens is 5. The summed E-state index contributed by atoms with van der Waals surface area (Å²) in [7, 11) is 0. The Morgan fingerprint density at radius 2 is 1.83 bits per heavy atom. The highest BCUT2D eigenvalue weighted by Crippen LogP contribution is 2.56. The van der Waals surface area contributed by atoms with E-state index in [-0.39, 0.29) is 32.0 Å². The number of likely N-dealkylation sites (tertiary alicyclic amines) is 1. The molecule has 0 radical (unpaired) electrons. The van der Waals surface area contributed by atoms with Gasteiger partial charge < -0.3 is 9.64 Å². The summed E-state index contributed by atoms with van der Waals surface area (Å²) in [6.45, 7) is 9.30. The van der Waals surface area contributed by atoms with Gasteiger partial charge in [-0.05, 0) is 36.7 Å². The molecule has 1 aromatic heterocycles. The molecule has 0 bridgehead atoms. The van der Waals surface area contributed by atoms with Gasteiger partial charge in [0.1, 0.15) is 15.2 Å². The number of carbonyl (C=O) groups excluding carboxylic acids is 1. The zero-order valence-electron chi connectivity index (χ0n) is 17.2. The van der Waals surface area contributed by atoms with Gasteiger partial charge in [-0.3, -0.25) is 0 Å². The van der Waals surface area contributed by atoms with Gasteiger partial charge >= 0.3 is 6.09 Å². The van der Waals surface area contributed by atoms with Gasteiger partial charge in [0.05, 0.1) is 0 Å². The quantitative estimate of drug-likeness (QED) is 0.405. The predicted octanol–water partition coefficient (Wildman–Crippen LogP) is 6.80. The van der Waals surface area contributed by atoms with Gasteiger partial charge in [-0.15, -0.1) is 23.0 Å². The molecule has 12 heteroatoms. The predicted molar refractivity (Wildman–Crippen MR) is 113 cm³/mol. The fourth-order valence-electron chi connectivity index (χ4n) is 2.56. The summed E-state index contributed by atoms with van der Waals surface area (Å²) in [5, 5.41) is 2.25. The van der Waals surface area contributed by atoms with Crippen LogP contribution in [0, 0.1) is 0 Å². The molecule has 0 unspecified atom stereocenters. The van der Waals surface area contributed by atoms with Crippen molar-refractivity contribution in [2.45, 2.75) is 58.7 Å². The fourth-order valence-corrected chi connectivity index (χ4v) is 4.55. The minimum Gasteiger partial charge on any atom is -0.444 e. The van der Waals surface area contributed by atoms with Crippen LogP contribution < -0.4 is 0 Å². The van der Waals surface area contributed by atoms with Crippen LogP contribution in [0.3, 0.4) is 0 Å². The number of carbonyl (C=O) groups is 1. The average Bonchev–Trinajstić information content (AvgIpc) is 3.01. The van der Waals surface area contributed by atoms with E-state index in [1.54, 1.807) is 10.3 Å². The zero-order valence-corrected chi connectivity index (χ0v) is 20.4. The molecule has 0 N–H and O–H groups in total. The second-order valence-electron chi connectivity index (χ2n) is 7.40. The van der Waals surface area contributed by atoms with E-state index in [1.165, 1.54) is 25.2 Å². The summed E-state index contributed by atoms with van der Waals surface area (Å²) < 4.78 is 56.5. The summed E-state index contributed by atoms with van der Waals surface area (Å²) in [5.41, 5.74) is -1.96. The molecule has 1 amide bonds. The lowest BCUT2D eigenvalue weighted by Gasteiger charge is -2.35. The lowest BCUT2D eigenvalue weighted by atomic mass is 9.94. The molecule has 0 spiro atoms. The number of rotatable bonds is 4. The van der Waals surface area contributed by atoms with Crippen LogP contribution in [0.1, 0.15) is 52.5 Å². The van der Waals surface area contributed by atoms with Gasteiger partial charge in [0.15, 0.2) is 5.67 Å². The third-order valence-corrected chi connectivity index (χ3v) is 6.90. The van der Waals surface area contributed by atoms with Crippen molar-refractivity contribution in [3.8, 4) is 0 Å². The number of aromatic nitrogens is 1. The van der Waals surface area contributed by atoms with Gasteiger partial charge in [0.25, 0.3) is 11.4 Å². The number of hydrogen-bond donors (Lipinski definition) is 0. The first kappa shape index (κ1) is 26.4. The van der Waals surface area contributed by atoms with E-state index in [1.807, 2.05) is 20.8 Å². The molecule has 29 heavy (non-hydrogen) atoms. The van der Waals surface area contributed by atoms with Crippen molar-refractivity contribution in [1.29, 1.82) is 0 Å². The largest absolute Gasteiger partial charge is 0.444 e. The van der Waals surface area contributed by atoms with Gasteiger partial charge in [-0.2, -0.15) is 4.31 Å². The molecule has 2 rings (SSSR count). The molecule has 0 aromatic carbocycles. The molecule has 1 aliphatic rings. The van der Waals surface area contributed by atoms with E-state index in [0.29, 0.717) is 27.0 Å². The molecular weight excluding hydrogens is 498 g/mol. The van der Waals surface area contributed by atoms with Crippen molar-refractivity contribution < 1.29 is 25.6 Å². The molecule has 170 valence electrons. The third-order valence-electron chi connectivity index (χ3n) is 4.07. The SMILES string of the molecule is CC(C)(C)OC(=O)N1CCC(F)(c2nc(Br)cs2)CC1.CCN(CC)S(F)(F)F. The summed E-state index contributed by atoms with van der Waals surface area (Å²) in [6, 6.07) is 0. The van der Waals surface area contributed by atoms with E-state index in [2.05, 4.69) is 20.9 Å². The maximum atomic E-state index is 14.8. The molecule has 2 heterocycles. The summed E-state index contributed by atoms with van der Waals surface area (Å²) in [4.78, 5) is 17.6. The number of thiazole rings is 1. The topological polar surface area (TPSA) is 45.7 Å². The van der Waals surface area contributed by atoms with E-state index in [4.69, 9.17) is 4.74 Å². The zero-order chi connectivity index (χ0) is 22.5. The standard InChI is InChI=1S/C13H18BrFN2O2S.C4H10F3NS/c1-12(2,3)19-11(18)17-6-4-13(15,5-7-17)10-16-9(14)8-20-10;1-3-8(4-2)9(5,6)7/h8H,4-7H2,1-3H3;3-4H2,1-2H3. The van der Waals surface area contributed by atoms with Crippen LogP contribution in [0.5, 0.6) is 0 Å². The van der Waals surface area contributed by atoms with E-state index < -0.39 is 22.6 Å². The molecule has 0 atom stereocenters. The van der Waals surface area contributed by atoms with Crippen LogP contribution in [0.4, 0.5) is 20.8 Å². The van der Waals surface area contributed by atoms with Crippen molar-refractivity contribution in [3.05, 3.63) is 15.0 Å². The average molecular weight is 526 g/mol. The highest BCUT2D eigenvalue weighted by Gasteiger charge is 2.40. The monoisotopic (exact) mass is 525 g/mol. The Morgan fingerprint density at radius 1 is 1.31 bits per heavy atom. The fraction of sp³-hybridized carbons (Fsp3) is 0.765. The van der Waals surface area contributed by atoms with Gasteiger partial charge in [0.2, 0.25) is 0 Å². The van der Waals surface area contributed by atoms with Crippen molar-refractivity contribution >= 4 is 44.7 Å². The minimum atomic E-state index is -4.93. The number of nitrogens with zero attached hydrogens (tertiary/aromatic N) is 3. The second-order valence-corrected chi connectivity index (χ2v) is 10.4. The van der Waals surface area contributed by atoms with Crippen molar-refractivity contribution in [2.75, 3.05) is 26.2 Å². The lowest BCUT2D eigenvalue weighted by Crippen LogP contribution is -2.45. The number of piperidine rings is 1. The van der Waals surface area contributed by atoms with Gasteiger partial charge in [-0.1, -0.05) is 13.8 Å². The Bertz CT molecular complexity index is 656. The molecule has 1 saturated heterocycles. The molecule has 1 aliphatic heterocycles. The molecular formula is C17H28BrF4N3O2S2. The maximum Gasteiger partial charge on any atom is 0.410 e. The lowest BCUT2D eigenvalue weighted by molar-refractivity contribution is 0.00213. The van der Waals surface area contributed by atoms with Gasteiger partial charge in [-0.25, -0.2) is 14.2 Å². The normalized spacial score (nSPS) is 17.6. The molecule has 0 saturated carbocycles. The summed E-state index contributed by atoms with van der Waals surface area (Å²) in [6.07, 6.45) is 0.137. The Balaban J connectivity index is 0.000000396. The van der Waals surface area contributed by atoms with E-state index in [9.17, 15) is 20.8 Å². The highest BCUT2D eigenvalue weighted by atomic mass is 79.9. The smallest absolute Gasteiger partial charge is 0.410 e. The Kier molecular flexibility index (Phi) is 9.69. The van der Waals surface area contributed by atoms with Crippen LogP contribution in [0.25, 0.3) is 0 Å². The second kappa shape index (κ2) is 10.6. The maximum absolute atomic E-state index is 14.8. The minimum absolute atomic E-state index is 0.0648. The van der Waals surface area contributed by atoms with Crippen LogP contribution in [-0.4, -0.2) is 52.1 Å². The van der Waals surface area contributed by atoms with Crippen LogP contribution >= 0.6 is 38.6 Å².